The molecule has 2 N–H and O–H groups in total. The quantitative estimate of drug-likeness (QED) is 0.679. The second-order valence-corrected chi connectivity index (χ2v) is 4.42. The topological polar surface area (TPSA) is 53.1 Å². The molecule has 0 bridgehead atoms. The van der Waals surface area contributed by atoms with E-state index in [-0.39, 0.29) is 5.82 Å². The van der Waals surface area contributed by atoms with Gasteiger partial charge in [-0.15, -0.1) is 0 Å². The highest BCUT2D eigenvalue weighted by atomic mass is 127. The Bertz CT molecular complexity index is 527. The first-order valence-electron chi connectivity index (χ1n) is 4.47. The molecule has 0 aliphatic carbocycles. The second kappa shape index (κ2) is 4.28. The van der Waals surface area contributed by atoms with Gasteiger partial charge in [0.2, 0.25) is 0 Å². The zero-order valence-electron chi connectivity index (χ0n) is 8.45. The van der Waals surface area contributed by atoms with Gasteiger partial charge in [-0.3, -0.25) is 4.68 Å². The van der Waals surface area contributed by atoms with Crippen molar-refractivity contribution in [1.82, 2.24) is 9.78 Å². The molecule has 1 aromatic heterocycles. The Morgan fingerprint density at radius 3 is 2.88 bits per heavy atom. The summed E-state index contributed by atoms with van der Waals surface area (Å²) in [6, 6.07) is 2.80. The maximum absolute atomic E-state index is 13.3. The monoisotopic (exact) mass is 333 g/mol. The van der Waals surface area contributed by atoms with Crippen molar-refractivity contribution in [1.29, 1.82) is 0 Å². The van der Waals surface area contributed by atoms with Crippen LogP contribution in [0.1, 0.15) is 0 Å². The predicted octanol–water partition coefficient (Wildman–Crippen LogP) is 2.54. The number of benzene rings is 1. The molecule has 6 heteroatoms. The van der Waals surface area contributed by atoms with Crippen LogP contribution in [0.15, 0.2) is 24.5 Å². The minimum atomic E-state index is -0.353. The minimum absolute atomic E-state index is 0.297. The third-order valence-electron chi connectivity index (χ3n) is 1.96. The maximum Gasteiger partial charge on any atom is 0.165 e. The molecule has 84 valence electrons. The summed E-state index contributed by atoms with van der Waals surface area (Å²) in [7, 11) is 1.77. The smallest absolute Gasteiger partial charge is 0.165 e. The molecule has 0 fully saturated rings. The fraction of sp³-hybridized carbons (Fsp3) is 0.100. The highest BCUT2D eigenvalue weighted by Gasteiger charge is 2.08. The molecule has 0 saturated heterocycles. The first-order chi connectivity index (χ1) is 7.56. The summed E-state index contributed by atoms with van der Waals surface area (Å²) in [5.74, 6) is 0.467. The van der Waals surface area contributed by atoms with Gasteiger partial charge in [0.25, 0.3) is 0 Å². The van der Waals surface area contributed by atoms with Crippen LogP contribution in [0.4, 0.5) is 10.1 Å². The molecule has 1 heterocycles. The number of nitrogens with zero attached hydrogens (tertiary/aromatic N) is 2. The summed E-state index contributed by atoms with van der Waals surface area (Å²) >= 11 is 1.87. The molecular formula is C10H9FIN3O. The molecule has 16 heavy (non-hydrogen) atoms. The summed E-state index contributed by atoms with van der Waals surface area (Å²) in [6.45, 7) is 0. The standard InChI is InChI=1S/C10H9FIN3O/c1-15-5-6(4-14-15)16-10-2-7(11)8(12)3-9(10)13/h2-5H,13H2,1H3. The largest absolute Gasteiger partial charge is 0.452 e. The lowest BCUT2D eigenvalue weighted by Crippen LogP contribution is -1.94. The van der Waals surface area contributed by atoms with E-state index in [0.29, 0.717) is 20.8 Å². The number of aryl methyl sites for hydroxylation is 1. The van der Waals surface area contributed by atoms with E-state index in [1.54, 1.807) is 17.9 Å². The van der Waals surface area contributed by atoms with E-state index in [1.165, 1.54) is 18.3 Å². The van der Waals surface area contributed by atoms with Crippen molar-refractivity contribution in [2.75, 3.05) is 5.73 Å². The third-order valence-corrected chi connectivity index (χ3v) is 2.79. The average molecular weight is 333 g/mol. The Kier molecular flexibility index (Phi) is 2.99. The van der Waals surface area contributed by atoms with E-state index >= 15 is 0 Å². The second-order valence-electron chi connectivity index (χ2n) is 3.26. The molecule has 0 aliphatic heterocycles. The normalized spacial score (nSPS) is 10.4. The molecule has 2 rings (SSSR count). The maximum atomic E-state index is 13.3. The van der Waals surface area contributed by atoms with Crippen molar-refractivity contribution in [3.8, 4) is 11.5 Å². The number of ether oxygens (including phenoxy) is 1. The van der Waals surface area contributed by atoms with Gasteiger partial charge in [0, 0.05) is 13.1 Å². The number of hydrogen-bond donors (Lipinski definition) is 1. The lowest BCUT2D eigenvalue weighted by atomic mass is 10.3. The van der Waals surface area contributed by atoms with Crippen molar-refractivity contribution in [3.05, 3.63) is 33.9 Å². The van der Waals surface area contributed by atoms with Crippen LogP contribution in [-0.4, -0.2) is 9.78 Å². The number of hydrogen-bond acceptors (Lipinski definition) is 3. The summed E-state index contributed by atoms with van der Waals surface area (Å²) in [5.41, 5.74) is 6.12. The van der Waals surface area contributed by atoms with Gasteiger partial charge in [0.05, 0.1) is 21.7 Å². The molecule has 0 amide bonds. The fourth-order valence-corrected chi connectivity index (χ4v) is 1.70. The van der Waals surface area contributed by atoms with Crippen LogP contribution in [0.2, 0.25) is 0 Å². The van der Waals surface area contributed by atoms with Crippen molar-refractivity contribution in [3.63, 3.8) is 0 Å². The first-order valence-corrected chi connectivity index (χ1v) is 5.55. The van der Waals surface area contributed by atoms with Gasteiger partial charge in [-0.25, -0.2) is 4.39 Å². The molecule has 1 aromatic carbocycles. The molecule has 0 aliphatic rings. The van der Waals surface area contributed by atoms with Gasteiger partial charge in [-0.2, -0.15) is 5.10 Å². The van der Waals surface area contributed by atoms with Crippen LogP contribution < -0.4 is 10.5 Å². The van der Waals surface area contributed by atoms with E-state index in [4.69, 9.17) is 10.5 Å². The van der Waals surface area contributed by atoms with Crippen LogP contribution in [-0.2, 0) is 7.05 Å². The lowest BCUT2D eigenvalue weighted by Gasteiger charge is -2.07. The van der Waals surface area contributed by atoms with Crippen molar-refractivity contribution in [2.45, 2.75) is 0 Å². The Morgan fingerprint density at radius 2 is 2.25 bits per heavy atom. The molecular weight excluding hydrogens is 324 g/mol. The van der Waals surface area contributed by atoms with E-state index in [0.717, 1.165) is 0 Å². The zero-order valence-corrected chi connectivity index (χ0v) is 10.6. The van der Waals surface area contributed by atoms with Crippen LogP contribution in [0.3, 0.4) is 0 Å². The molecule has 4 nitrogen and oxygen atoms in total. The summed E-state index contributed by atoms with van der Waals surface area (Å²) in [5, 5.41) is 3.94. The lowest BCUT2D eigenvalue weighted by molar-refractivity contribution is 0.478. The van der Waals surface area contributed by atoms with Gasteiger partial charge in [0.15, 0.2) is 11.5 Å². The number of aromatic nitrogens is 2. The molecule has 0 unspecified atom stereocenters. The molecule has 0 radical (unpaired) electrons. The predicted molar refractivity (Wildman–Crippen MR) is 66.8 cm³/mol. The van der Waals surface area contributed by atoms with Crippen molar-refractivity contribution < 1.29 is 9.13 Å². The van der Waals surface area contributed by atoms with E-state index in [9.17, 15) is 4.39 Å². The number of anilines is 1. The number of nitrogen functional groups attached to an aromatic ring is 1. The Balaban J connectivity index is 2.31. The van der Waals surface area contributed by atoms with Gasteiger partial charge >= 0.3 is 0 Å². The minimum Gasteiger partial charge on any atom is -0.452 e. The summed E-state index contributed by atoms with van der Waals surface area (Å²) in [6.07, 6.45) is 3.21. The van der Waals surface area contributed by atoms with E-state index in [2.05, 4.69) is 5.10 Å². The average Bonchev–Trinajstić information content (AvgIpc) is 2.60. The fourth-order valence-electron chi connectivity index (χ4n) is 1.21. The summed E-state index contributed by atoms with van der Waals surface area (Å²) in [4.78, 5) is 0. The van der Waals surface area contributed by atoms with Crippen molar-refractivity contribution in [2.24, 2.45) is 7.05 Å². The van der Waals surface area contributed by atoms with Gasteiger partial charge < -0.3 is 10.5 Å². The molecule has 0 spiro atoms. The van der Waals surface area contributed by atoms with Crippen molar-refractivity contribution >= 4 is 28.3 Å². The van der Waals surface area contributed by atoms with Crippen LogP contribution in [0.25, 0.3) is 0 Å². The van der Waals surface area contributed by atoms with Gasteiger partial charge in [0.1, 0.15) is 5.82 Å². The Hall–Kier alpha value is -1.31. The van der Waals surface area contributed by atoms with Crippen LogP contribution >= 0.6 is 22.6 Å². The number of nitrogens with two attached hydrogens (primary N) is 1. The molecule has 0 saturated carbocycles. The number of halogens is 2. The first kappa shape index (κ1) is 11.2. The summed E-state index contributed by atoms with van der Waals surface area (Å²) < 4.78 is 20.8. The highest BCUT2D eigenvalue weighted by molar-refractivity contribution is 14.1. The van der Waals surface area contributed by atoms with Gasteiger partial charge in [-0.05, 0) is 28.7 Å². The van der Waals surface area contributed by atoms with Gasteiger partial charge in [-0.1, -0.05) is 0 Å². The Labute approximate surface area is 105 Å². The molecule has 0 atom stereocenters. The Morgan fingerprint density at radius 1 is 1.50 bits per heavy atom. The molecule has 2 aromatic rings. The zero-order chi connectivity index (χ0) is 11.7. The SMILES string of the molecule is Cn1cc(Oc2cc(F)c(I)cc2N)cn1. The van der Waals surface area contributed by atoms with Crippen LogP contribution in [0, 0.1) is 9.39 Å². The van der Waals surface area contributed by atoms with E-state index in [1.807, 2.05) is 22.6 Å². The highest BCUT2D eigenvalue weighted by Crippen LogP contribution is 2.30. The van der Waals surface area contributed by atoms with E-state index < -0.39 is 0 Å². The van der Waals surface area contributed by atoms with Crippen LogP contribution in [0.5, 0.6) is 11.5 Å². The number of rotatable bonds is 2. The third kappa shape index (κ3) is 2.26.